The maximum Gasteiger partial charge on any atom is 0.240 e. The summed E-state index contributed by atoms with van der Waals surface area (Å²) >= 11 is 0. The molecule has 2 N–H and O–H groups in total. The standard InChI is InChI=1S/C17H20N2O2.C2H6/c1-3-8-13(4-2)18-15(20)17(11-12-17)16(21)19-14-9-6-5-7-10-14;1-2/h3,5-10H,1,4,11-12H2,2H3,(H,18,20)(H,19,21);1-2H3/b13-8+;. The molecule has 0 aliphatic heterocycles. The number of para-hydroxylation sites is 1. The molecule has 0 atom stereocenters. The van der Waals surface area contributed by atoms with Crippen LogP contribution in [0.2, 0.25) is 0 Å². The highest BCUT2D eigenvalue weighted by molar-refractivity contribution is 6.13. The van der Waals surface area contributed by atoms with Gasteiger partial charge in [-0.2, -0.15) is 0 Å². The van der Waals surface area contributed by atoms with Crippen molar-refractivity contribution in [1.82, 2.24) is 5.32 Å². The van der Waals surface area contributed by atoms with E-state index in [1.807, 2.05) is 39.0 Å². The van der Waals surface area contributed by atoms with Crippen LogP contribution in [-0.4, -0.2) is 11.8 Å². The first-order chi connectivity index (χ1) is 11.1. The summed E-state index contributed by atoms with van der Waals surface area (Å²) in [5.41, 5.74) is 0.554. The molecule has 0 radical (unpaired) electrons. The van der Waals surface area contributed by atoms with Gasteiger partial charge in [-0.05, 0) is 37.5 Å². The second-order valence-corrected chi connectivity index (χ2v) is 5.14. The van der Waals surface area contributed by atoms with Gasteiger partial charge in [0.2, 0.25) is 11.8 Å². The van der Waals surface area contributed by atoms with Crippen LogP contribution in [0.5, 0.6) is 0 Å². The van der Waals surface area contributed by atoms with Crippen LogP contribution < -0.4 is 10.6 Å². The van der Waals surface area contributed by atoms with Crippen LogP contribution >= 0.6 is 0 Å². The first-order valence-electron chi connectivity index (χ1n) is 8.12. The largest absolute Gasteiger partial charge is 0.329 e. The molecule has 2 amide bonds. The molecule has 0 heterocycles. The average Bonchev–Trinajstić information content (AvgIpc) is 3.39. The fraction of sp³-hybridized carbons (Fsp3) is 0.368. The molecule has 4 heteroatoms. The summed E-state index contributed by atoms with van der Waals surface area (Å²) in [6, 6.07) is 9.18. The number of anilines is 1. The summed E-state index contributed by atoms with van der Waals surface area (Å²) in [7, 11) is 0. The van der Waals surface area contributed by atoms with E-state index in [9.17, 15) is 9.59 Å². The topological polar surface area (TPSA) is 58.2 Å². The van der Waals surface area contributed by atoms with Gasteiger partial charge in [0.05, 0.1) is 0 Å². The van der Waals surface area contributed by atoms with Crippen molar-refractivity contribution in [1.29, 1.82) is 0 Å². The number of hydrogen-bond acceptors (Lipinski definition) is 2. The van der Waals surface area contributed by atoms with Crippen molar-refractivity contribution in [3.8, 4) is 0 Å². The first-order valence-corrected chi connectivity index (χ1v) is 8.12. The molecule has 1 aromatic rings. The molecule has 1 aliphatic rings. The first kappa shape index (κ1) is 18.7. The number of allylic oxidation sites excluding steroid dienone is 3. The second kappa shape index (κ2) is 8.93. The highest BCUT2D eigenvalue weighted by Gasteiger charge is 2.56. The van der Waals surface area contributed by atoms with Gasteiger partial charge < -0.3 is 10.6 Å². The number of nitrogens with one attached hydrogen (secondary N) is 2. The molecule has 1 fully saturated rings. The zero-order valence-corrected chi connectivity index (χ0v) is 14.2. The Labute approximate surface area is 138 Å². The summed E-state index contributed by atoms with van der Waals surface area (Å²) in [4.78, 5) is 24.7. The van der Waals surface area contributed by atoms with Crippen LogP contribution in [0.15, 0.2) is 54.8 Å². The van der Waals surface area contributed by atoms with E-state index in [1.54, 1.807) is 24.3 Å². The zero-order chi connectivity index (χ0) is 17.3. The van der Waals surface area contributed by atoms with Crippen molar-refractivity contribution in [2.75, 3.05) is 5.32 Å². The number of hydrogen-bond donors (Lipinski definition) is 2. The Kier molecular flexibility index (Phi) is 7.26. The van der Waals surface area contributed by atoms with Gasteiger partial charge in [0, 0.05) is 11.4 Å². The van der Waals surface area contributed by atoms with E-state index < -0.39 is 5.41 Å². The highest BCUT2D eigenvalue weighted by atomic mass is 16.2. The van der Waals surface area contributed by atoms with Crippen LogP contribution in [0.1, 0.15) is 40.0 Å². The van der Waals surface area contributed by atoms with Crippen LogP contribution in [0.3, 0.4) is 0 Å². The van der Waals surface area contributed by atoms with E-state index in [2.05, 4.69) is 17.2 Å². The van der Waals surface area contributed by atoms with Gasteiger partial charge in [0.1, 0.15) is 5.41 Å². The summed E-state index contributed by atoms with van der Waals surface area (Å²) in [5.74, 6) is -0.467. The molecule has 0 aromatic heterocycles. The Hall–Kier alpha value is -2.36. The van der Waals surface area contributed by atoms with Crippen molar-refractivity contribution < 1.29 is 9.59 Å². The Morgan fingerprint density at radius 1 is 1.17 bits per heavy atom. The molecule has 1 aromatic carbocycles. The number of carbonyl (C=O) groups excluding carboxylic acids is 2. The molecule has 0 spiro atoms. The molecule has 0 bridgehead atoms. The van der Waals surface area contributed by atoms with Crippen LogP contribution in [0.25, 0.3) is 0 Å². The third-order valence-electron chi connectivity index (χ3n) is 3.62. The molecule has 2 rings (SSSR count). The van der Waals surface area contributed by atoms with Gasteiger partial charge >= 0.3 is 0 Å². The molecule has 0 saturated heterocycles. The average molecular weight is 314 g/mol. The third kappa shape index (κ3) is 4.81. The Bertz CT molecular complexity index is 572. The van der Waals surface area contributed by atoms with Gasteiger partial charge in [-0.25, -0.2) is 0 Å². The SMILES string of the molecule is C=C/C=C(\CC)NC(=O)C1(C(=O)Nc2ccccc2)CC1.CC. The van der Waals surface area contributed by atoms with Gasteiger partial charge in [-0.15, -0.1) is 0 Å². The fourth-order valence-electron chi connectivity index (χ4n) is 2.11. The summed E-state index contributed by atoms with van der Waals surface area (Å²) in [6.45, 7) is 9.56. The van der Waals surface area contributed by atoms with Crippen molar-refractivity contribution in [3.05, 3.63) is 54.8 Å². The lowest BCUT2D eigenvalue weighted by atomic mass is 10.0. The van der Waals surface area contributed by atoms with Crippen LogP contribution in [0.4, 0.5) is 5.69 Å². The number of amides is 2. The summed E-state index contributed by atoms with van der Waals surface area (Å²) in [6.07, 6.45) is 5.24. The summed E-state index contributed by atoms with van der Waals surface area (Å²) < 4.78 is 0. The zero-order valence-electron chi connectivity index (χ0n) is 14.2. The van der Waals surface area contributed by atoms with E-state index in [1.165, 1.54) is 0 Å². The predicted octanol–water partition coefficient (Wildman–Crippen LogP) is 4.03. The Morgan fingerprint density at radius 2 is 1.78 bits per heavy atom. The van der Waals surface area contributed by atoms with Crippen molar-refractivity contribution >= 4 is 17.5 Å². The lowest BCUT2D eigenvalue weighted by molar-refractivity contribution is -0.133. The Balaban J connectivity index is 0.00000127. The third-order valence-corrected chi connectivity index (χ3v) is 3.62. The molecule has 0 unspecified atom stereocenters. The minimum Gasteiger partial charge on any atom is -0.329 e. The number of benzene rings is 1. The van der Waals surface area contributed by atoms with Gasteiger partial charge in [-0.3, -0.25) is 9.59 Å². The lowest BCUT2D eigenvalue weighted by Gasteiger charge is -2.16. The molecule has 1 aliphatic carbocycles. The van der Waals surface area contributed by atoms with E-state index >= 15 is 0 Å². The number of carbonyl (C=O) groups is 2. The van der Waals surface area contributed by atoms with Gasteiger partial charge in [0.15, 0.2) is 0 Å². The Morgan fingerprint density at radius 3 is 2.26 bits per heavy atom. The minimum atomic E-state index is -0.925. The predicted molar refractivity (Wildman–Crippen MR) is 94.8 cm³/mol. The van der Waals surface area contributed by atoms with E-state index in [-0.39, 0.29) is 11.8 Å². The highest BCUT2D eigenvalue weighted by Crippen LogP contribution is 2.47. The second-order valence-electron chi connectivity index (χ2n) is 5.14. The minimum absolute atomic E-state index is 0.231. The molecule has 1 saturated carbocycles. The maximum absolute atomic E-state index is 12.4. The lowest BCUT2D eigenvalue weighted by Crippen LogP contribution is -2.39. The van der Waals surface area contributed by atoms with E-state index in [0.29, 0.717) is 24.9 Å². The van der Waals surface area contributed by atoms with E-state index in [4.69, 9.17) is 0 Å². The summed E-state index contributed by atoms with van der Waals surface area (Å²) in [5, 5.41) is 5.64. The number of rotatable bonds is 6. The molecule has 23 heavy (non-hydrogen) atoms. The molecule has 4 nitrogen and oxygen atoms in total. The molecular weight excluding hydrogens is 288 g/mol. The van der Waals surface area contributed by atoms with Crippen LogP contribution in [0, 0.1) is 5.41 Å². The van der Waals surface area contributed by atoms with Crippen molar-refractivity contribution in [2.45, 2.75) is 40.0 Å². The van der Waals surface area contributed by atoms with Gasteiger partial charge in [0.25, 0.3) is 0 Å². The van der Waals surface area contributed by atoms with Crippen LogP contribution in [-0.2, 0) is 9.59 Å². The maximum atomic E-state index is 12.4. The van der Waals surface area contributed by atoms with Gasteiger partial charge in [-0.1, -0.05) is 51.6 Å². The molecule has 124 valence electrons. The van der Waals surface area contributed by atoms with Crippen molar-refractivity contribution in [2.24, 2.45) is 5.41 Å². The quantitative estimate of drug-likeness (QED) is 0.615. The smallest absolute Gasteiger partial charge is 0.240 e. The molecular formula is C19H26N2O2. The van der Waals surface area contributed by atoms with E-state index in [0.717, 1.165) is 5.70 Å². The fourth-order valence-corrected chi connectivity index (χ4v) is 2.11. The normalized spacial score (nSPS) is 14.8. The monoisotopic (exact) mass is 314 g/mol. The van der Waals surface area contributed by atoms with Crippen molar-refractivity contribution in [3.63, 3.8) is 0 Å².